The number of piperazine rings is 1. The maximum Gasteiger partial charge on any atom is 0.330 e. The fourth-order valence-electron chi connectivity index (χ4n) is 3.24. The van der Waals surface area contributed by atoms with Gasteiger partial charge < -0.3 is 10.2 Å². The number of aromatic nitrogens is 4. The minimum atomic E-state index is -0.0641. The normalized spacial score (nSPS) is 15.1. The van der Waals surface area contributed by atoms with E-state index in [9.17, 15) is 4.79 Å². The third-order valence-corrected chi connectivity index (χ3v) is 4.49. The number of nitrogens with zero attached hydrogens (tertiary/aromatic N) is 5. The molecule has 3 aromatic rings. The summed E-state index contributed by atoms with van der Waals surface area (Å²) in [7, 11) is 1.76. The quantitative estimate of drug-likeness (QED) is 0.764. The first kappa shape index (κ1) is 14.9. The largest absolute Gasteiger partial charge is 0.352 e. The van der Waals surface area contributed by atoms with Crippen LogP contribution in [-0.2, 0) is 13.6 Å². The summed E-state index contributed by atoms with van der Waals surface area (Å²) < 4.78 is 3.38. The van der Waals surface area contributed by atoms with Gasteiger partial charge in [0.25, 0.3) is 0 Å². The maximum absolute atomic E-state index is 12.8. The van der Waals surface area contributed by atoms with E-state index in [2.05, 4.69) is 20.2 Å². The molecule has 124 valence electrons. The van der Waals surface area contributed by atoms with Gasteiger partial charge in [-0.15, -0.1) is 0 Å². The Bertz CT molecular complexity index is 908. The molecule has 1 fully saturated rings. The summed E-state index contributed by atoms with van der Waals surface area (Å²) in [5.41, 5.74) is 2.52. The predicted molar refractivity (Wildman–Crippen MR) is 93.4 cm³/mol. The van der Waals surface area contributed by atoms with E-state index in [4.69, 9.17) is 0 Å². The van der Waals surface area contributed by atoms with Crippen LogP contribution in [-0.4, -0.2) is 45.3 Å². The van der Waals surface area contributed by atoms with Crippen molar-refractivity contribution < 1.29 is 0 Å². The predicted octanol–water partition coefficient (Wildman–Crippen LogP) is 0.588. The second-order valence-electron chi connectivity index (χ2n) is 6.02. The number of benzene rings is 1. The van der Waals surface area contributed by atoms with Crippen LogP contribution in [0.3, 0.4) is 0 Å². The lowest BCUT2D eigenvalue weighted by Crippen LogP contribution is -2.44. The van der Waals surface area contributed by atoms with Gasteiger partial charge >= 0.3 is 5.69 Å². The number of aryl methyl sites for hydroxylation is 1. The zero-order valence-electron chi connectivity index (χ0n) is 13.6. The van der Waals surface area contributed by atoms with Crippen LogP contribution in [0.4, 0.5) is 5.82 Å². The molecule has 1 aliphatic rings. The van der Waals surface area contributed by atoms with Gasteiger partial charge in [-0.05, 0) is 5.56 Å². The molecule has 7 heteroatoms. The number of rotatable bonds is 3. The van der Waals surface area contributed by atoms with Gasteiger partial charge in [0.1, 0.15) is 11.8 Å². The second kappa shape index (κ2) is 6.09. The monoisotopic (exact) mass is 324 g/mol. The van der Waals surface area contributed by atoms with Crippen molar-refractivity contribution in [1.82, 2.24) is 24.4 Å². The molecular weight excluding hydrogens is 304 g/mol. The van der Waals surface area contributed by atoms with Gasteiger partial charge in [-0.3, -0.25) is 9.13 Å². The molecule has 1 aromatic carbocycles. The van der Waals surface area contributed by atoms with Crippen LogP contribution >= 0.6 is 0 Å². The number of fused-ring (bicyclic) bond motifs is 1. The molecule has 3 heterocycles. The van der Waals surface area contributed by atoms with Crippen LogP contribution in [0.15, 0.2) is 41.5 Å². The highest BCUT2D eigenvalue weighted by molar-refractivity contribution is 5.84. The smallest absolute Gasteiger partial charge is 0.330 e. The first-order valence-corrected chi connectivity index (χ1v) is 8.15. The lowest BCUT2D eigenvalue weighted by atomic mass is 10.2. The standard InChI is InChI=1S/C17H20N6O/c1-21-15-14(16(20-12-19-15)22-9-7-18-8-10-22)23(17(21)24)11-13-5-3-2-4-6-13/h2-6,12,18H,7-11H2,1H3. The first-order chi connectivity index (χ1) is 11.8. The van der Waals surface area contributed by atoms with E-state index in [0.717, 1.165) is 43.1 Å². The van der Waals surface area contributed by atoms with E-state index >= 15 is 0 Å². The van der Waals surface area contributed by atoms with Crippen molar-refractivity contribution in [2.24, 2.45) is 7.05 Å². The highest BCUT2D eigenvalue weighted by Crippen LogP contribution is 2.23. The van der Waals surface area contributed by atoms with Crippen molar-refractivity contribution in [2.75, 3.05) is 31.1 Å². The molecule has 1 N–H and O–H groups in total. The topological polar surface area (TPSA) is 68.0 Å². The molecule has 0 aliphatic carbocycles. The van der Waals surface area contributed by atoms with Crippen molar-refractivity contribution in [3.63, 3.8) is 0 Å². The lowest BCUT2D eigenvalue weighted by molar-refractivity contribution is 0.585. The molecule has 7 nitrogen and oxygen atoms in total. The van der Waals surface area contributed by atoms with E-state index < -0.39 is 0 Å². The van der Waals surface area contributed by atoms with Crippen LogP contribution in [0.5, 0.6) is 0 Å². The molecule has 0 atom stereocenters. The molecule has 1 aliphatic heterocycles. The zero-order chi connectivity index (χ0) is 16.5. The Kier molecular flexibility index (Phi) is 3.78. The van der Waals surface area contributed by atoms with Crippen LogP contribution in [0.1, 0.15) is 5.56 Å². The number of imidazole rings is 1. The number of hydrogen-bond donors (Lipinski definition) is 1. The Morgan fingerprint density at radius 3 is 2.62 bits per heavy atom. The van der Waals surface area contributed by atoms with Crippen molar-refractivity contribution in [2.45, 2.75) is 6.54 Å². The maximum atomic E-state index is 12.8. The average Bonchev–Trinajstić information content (AvgIpc) is 2.88. The van der Waals surface area contributed by atoms with Gasteiger partial charge in [-0.1, -0.05) is 30.3 Å². The first-order valence-electron chi connectivity index (χ1n) is 8.15. The van der Waals surface area contributed by atoms with Crippen molar-refractivity contribution >= 4 is 17.0 Å². The van der Waals surface area contributed by atoms with E-state index in [1.165, 1.54) is 0 Å². The Hall–Kier alpha value is -2.67. The lowest BCUT2D eigenvalue weighted by Gasteiger charge is -2.28. The van der Waals surface area contributed by atoms with E-state index in [1.54, 1.807) is 22.5 Å². The van der Waals surface area contributed by atoms with Crippen LogP contribution in [0.2, 0.25) is 0 Å². The van der Waals surface area contributed by atoms with E-state index in [0.29, 0.717) is 12.2 Å². The average molecular weight is 324 g/mol. The van der Waals surface area contributed by atoms with Gasteiger partial charge in [-0.25, -0.2) is 14.8 Å². The van der Waals surface area contributed by atoms with Crippen molar-refractivity contribution in [1.29, 1.82) is 0 Å². The fraction of sp³-hybridized carbons (Fsp3) is 0.353. The minimum Gasteiger partial charge on any atom is -0.352 e. The van der Waals surface area contributed by atoms with Gasteiger partial charge in [0.2, 0.25) is 0 Å². The zero-order valence-corrected chi connectivity index (χ0v) is 13.6. The van der Waals surface area contributed by atoms with E-state index in [1.807, 2.05) is 30.3 Å². The molecular formula is C17H20N6O. The number of nitrogens with one attached hydrogen (secondary N) is 1. The summed E-state index contributed by atoms with van der Waals surface area (Å²) >= 11 is 0. The van der Waals surface area contributed by atoms with Crippen LogP contribution in [0, 0.1) is 0 Å². The molecule has 0 saturated carbocycles. The van der Waals surface area contributed by atoms with Crippen molar-refractivity contribution in [3.05, 3.63) is 52.7 Å². The Morgan fingerprint density at radius 2 is 1.88 bits per heavy atom. The fourth-order valence-corrected chi connectivity index (χ4v) is 3.24. The van der Waals surface area contributed by atoms with Gasteiger partial charge in [0.15, 0.2) is 11.5 Å². The molecule has 1 saturated heterocycles. The summed E-state index contributed by atoms with van der Waals surface area (Å²) in [6.45, 7) is 4.10. The third kappa shape index (κ3) is 2.46. The Labute approximate surface area is 139 Å². The Morgan fingerprint density at radius 1 is 1.12 bits per heavy atom. The summed E-state index contributed by atoms with van der Waals surface area (Å²) in [5.74, 6) is 0.843. The summed E-state index contributed by atoms with van der Waals surface area (Å²) in [4.78, 5) is 23.8. The Balaban J connectivity index is 1.88. The molecule has 0 spiro atoms. The molecule has 24 heavy (non-hydrogen) atoms. The molecule has 2 aromatic heterocycles. The number of anilines is 1. The minimum absolute atomic E-state index is 0.0641. The highest BCUT2D eigenvalue weighted by Gasteiger charge is 2.21. The summed E-state index contributed by atoms with van der Waals surface area (Å²) in [6.07, 6.45) is 1.55. The molecule has 0 radical (unpaired) electrons. The molecule has 4 rings (SSSR count). The molecule has 0 unspecified atom stereocenters. The van der Waals surface area contributed by atoms with Crippen molar-refractivity contribution in [3.8, 4) is 0 Å². The summed E-state index contributed by atoms with van der Waals surface area (Å²) in [5, 5.41) is 3.34. The van der Waals surface area contributed by atoms with Gasteiger partial charge in [-0.2, -0.15) is 0 Å². The van der Waals surface area contributed by atoms with Gasteiger partial charge in [0, 0.05) is 33.2 Å². The van der Waals surface area contributed by atoms with Crippen LogP contribution < -0.4 is 15.9 Å². The molecule has 0 bridgehead atoms. The SMILES string of the molecule is Cn1c(=O)n(Cc2ccccc2)c2c(N3CCNCC3)ncnc21. The van der Waals surface area contributed by atoms with Crippen LogP contribution in [0.25, 0.3) is 11.2 Å². The number of hydrogen-bond acceptors (Lipinski definition) is 5. The molecule has 0 amide bonds. The van der Waals surface area contributed by atoms with Gasteiger partial charge in [0.05, 0.1) is 6.54 Å². The van der Waals surface area contributed by atoms with E-state index in [-0.39, 0.29) is 5.69 Å². The third-order valence-electron chi connectivity index (χ3n) is 4.49. The summed E-state index contributed by atoms with van der Waals surface area (Å²) in [6, 6.07) is 10.0. The second-order valence-corrected chi connectivity index (χ2v) is 6.02. The highest BCUT2D eigenvalue weighted by atomic mass is 16.1.